The zero-order valence-electron chi connectivity index (χ0n) is 10.5. The highest BCUT2D eigenvalue weighted by Crippen LogP contribution is 2.25. The van der Waals surface area contributed by atoms with Gasteiger partial charge in [-0.3, -0.25) is 0 Å². The second-order valence-corrected chi connectivity index (χ2v) is 4.59. The molecule has 0 saturated carbocycles. The molecule has 96 valence electrons. The molecule has 0 amide bonds. The number of rotatable bonds is 2. The van der Waals surface area contributed by atoms with Crippen molar-refractivity contribution in [3.05, 3.63) is 30.0 Å². The average molecular weight is 246 g/mol. The smallest absolute Gasteiger partial charge is 0.119 e. The van der Waals surface area contributed by atoms with Crippen LogP contribution in [0.5, 0.6) is 5.75 Å². The summed E-state index contributed by atoms with van der Waals surface area (Å²) < 4.78 is 10.7. The zero-order valence-corrected chi connectivity index (χ0v) is 10.5. The highest BCUT2D eigenvalue weighted by molar-refractivity contribution is 5.82. The van der Waals surface area contributed by atoms with Crippen molar-refractivity contribution in [1.82, 2.24) is 10.3 Å². The summed E-state index contributed by atoms with van der Waals surface area (Å²) in [7, 11) is 1.69. The number of fused-ring (bicyclic) bond motifs is 1. The van der Waals surface area contributed by atoms with E-state index in [1.165, 1.54) is 11.1 Å². The van der Waals surface area contributed by atoms with Crippen LogP contribution in [0.25, 0.3) is 10.9 Å². The monoisotopic (exact) mass is 246 g/mol. The second-order valence-electron chi connectivity index (χ2n) is 4.59. The van der Waals surface area contributed by atoms with E-state index < -0.39 is 0 Å². The van der Waals surface area contributed by atoms with E-state index in [0.29, 0.717) is 6.04 Å². The second kappa shape index (κ2) is 5.00. The molecule has 4 nitrogen and oxygen atoms in total. The normalized spacial score (nSPS) is 20.8. The Morgan fingerprint density at radius 3 is 3.11 bits per heavy atom. The van der Waals surface area contributed by atoms with E-state index in [0.717, 1.165) is 37.4 Å². The van der Waals surface area contributed by atoms with E-state index in [9.17, 15) is 0 Å². The summed E-state index contributed by atoms with van der Waals surface area (Å²) in [5.41, 5.74) is 2.38. The Morgan fingerprint density at radius 2 is 2.22 bits per heavy atom. The first kappa shape index (κ1) is 11.6. The van der Waals surface area contributed by atoms with Crippen LogP contribution in [0.4, 0.5) is 0 Å². The van der Waals surface area contributed by atoms with E-state index in [-0.39, 0.29) is 0 Å². The maximum absolute atomic E-state index is 5.46. The Bertz CT molecular complexity index is 528. The molecule has 18 heavy (non-hydrogen) atoms. The van der Waals surface area contributed by atoms with Gasteiger partial charge in [0.15, 0.2) is 0 Å². The highest BCUT2D eigenvalue weighted by atomic mass is 16.5. The lowest BCUT2D eigenvalue weighted by Gasteiger charge is -2.12. The maximum atomic E-state index is 5.46. The minimum atomic E-state index is 0.353. The van der Waals surface area contributed by atoms with E-state index in [2.05, 4.69) is 28.5 Å². The van der Waals surface area contributed by atoms with Crippen molar-refractivity contribution in [2.24, 2.45) is 0 Å². The molecule has 1 atom stereocenters. The molecule has 0 aliphatic carbocycles. The molecular formula is C14H18N2O2. The number of benzene rings is 1. The first-order chi connectivity index (χ1) is 8.86. The zero-order chi connectivity index (χ0) is 12.4. The van der Waals surface area contributed by atoms with Crippen molar-refractivity contribution in [1.29, 1.82) is 0 Å². The molecule has 1 aliphatic rings. The van der Waals surface area contributed by atoms with Crippen LogP contribution < -0.4 is 10.1 Å². The molecule has 1 unspecified atom stereocenters. The Morgan fingerprint density at radius 1 is 1.28 bits per heavy atom. The van der Waals surface area contributed by atoms with Gasteiger partial charge < -0.3 is 19.8 Å². The first-order valence-electron chi connectivity index (χ1n) is 6.34. The van der Waals surface area contributed by atoms with Crippen molar-refractivity contribution >= 4 is 10.9 Å². The summed E-state index contributed by atoms with van der Waals surface area (Å²) in [6.07, 6.45) is 1.00. The molecule has 0 spiro atoms. The third-order valence-electron chi connectivity index (χ3n) is 3.41. The predicted octanol–water partition coefficient (Wildman–Crippen LogP) is 2.23. The molecule has 1 fully saturated rings. The van der Waals surface area contributed by atoms with Crippen LogP contribution in [0.1, 0.15) is 18.2 Å². The van der Waals surface area contributed by atoms with E-state index in [1.54, 1.807) is 7.11 Å². The van der Waals surface area contributed by atoms with Gasteiger partial charge in [-0.15, -0.1) is 0 Å². The molecule has 3 rings (SSSR count). The molecule has 1 aliphatic heterocycles. The van der Waals surface area contributed by atoms with Crippen molar-refractivity contribution in [3.8, 4) is 5.75 Å². The highest BCUT2D eigenvalue weighted by Gasteiger charge is 2.15. The van der Waals surface area contributed by atoms with Crippen LogP contribution in [0.2, 0.25) is 0 Å². The van der Waals surface area contributed by atoms with Crippen molar-refractivity contribution in [2.45, 2.75) is 12.5 Å². The van der Waals surface area contributed by atoms with Gasteiger partial charge in [0.2, 0.25) is 0 Å². The molecule has 0 radical (unpaired) electrons. The van der Waals surface area contributed by atoms with Crippen molar-refractivity contribution in [3.63, 3.8) is 0 Å². The van der Waals surface area contributed by atoms with Gasteiger partial charge in [-0.1, -0.05) is 0 Å². The lowest BCUT2D eigenvalue weighted by atomic mass is 10.1. The molecule has 2 N–H and O–H groups in total. The molecule has 1 saturated heterocycles. The number of nitrogens with one attached hydrogen (secondary N) is 2. The van der Waals surface area contributed by atoms with Gasteiger partial charge in [0.05, 0.1) is 13.7 Å². The summed E-state index contributed by atoms with van der Waals surface area (Å²) in [6, 6.07) is 8.64. The van der Waals surface area contributed by atoms with E-state index >= 15 is 0 Å². The molecular weight excluding hydrogens is 228 g/mol. The lowest BCUT2D eigenvalue weighted by Crippen LogP contribution is -2.22. The first-order valence-corrected chi connectivity index (χ1v) is 6.34. The fraction of sp³-hybridized carbons (Fsp3) is 0.429. The van der Waals surface area contributed by atoms with Crippen LogP contribution in [-0.4, -0.2) is 31.9 Å². The summed E-state index contributed by atoms with van der Waals surface area (Å²) in [6.45, 7) is 2.52. The topological polar surface area (TPSA) is 46.3 Å². The quantitative estimate of drug-likeness (QED) is 0.854. The van der Waals surface area contributed by atoms with Gasteiger partial charge in [0.25, 0.3) is 0 Å². The number of ether oxygens (including phenoxy) is 2. The number of methoxy groups -OCH3 is 1. The Labute approximate surface area is 106 Å². The summed E-state index contributed by atoms with van der Waals surface area (Å²) in [4.78, 5) is 3.47. The Balaban J connectivity index is 1.91. The fourth-order valence-electron chi connectivity index (χ4n) is 2.42. The number of hydrogen-bond acceptors (Lipinski definition) is 3. The number of hydrogen-bond donors (Lipinski definition) is 2. The lowest BCUT2D eigenvalue weighted by molar-refractivity contribution is 0.150. The molecule has 1 aromatic carbocycles. The van der Waals surface area contributed by atoms with Crippen LogP contribution in [-0.2, 0) is 4.74 Å². The third kappa shape index (κ3) is 2.21. The van der Waals surface area contributed by atoms with Gasteiger partial charge in [-0.2, -0.15) is 0 Å². The molecule has 2 heterocycles. The van der Waals surface area contributed by atoms with Gasteiger partial charge in [-0.25, -0.2) is 0 Å². The van der Waals surface area contributed by atoms with Crippen LogP contribution in [0, 0.1) is 0 Å². The van der Waals surface area contributed by atoms with Crippen molar-refractivity contribution < 1.29 is 9.47 Å². The van der Waals surface area contributed by atoms with Crippen LogP contribution in [0.15, 0.2) is 24.3 Å². The van der Waals surface area contributed by atoms with Crippen LogP contribution >= 0.6 is 0 Å². The Kier molecular flexibility index (Phi) is 3.21. The average Bonchev–Trinajstić information content (AvgIpc) is 2.63. The fourth-order valence-corrected chi connectivity index (χ4v) is 2.42. The van der Waals surface area contributed by atoms with Gasteiger partial charge >= 0.3 is 0 Å². The van der Waals surface area contributed by atoms with E-state index in [4.69, 9.17) is 9.47 Å². The molecule has 2 aromatic rings. The Hall–Kier alpha value is -1.52. The SMILES string of the molecule is COc1ccc2[nH]c(C3CCOCCN3)cc2c1. The maximum Gasteiger partial charge on any atom is 0.119 e. The predicted molar refractivity (Wildman–Crippen MR) is 71.0 cm³/mol. The largest absolute Gasteiger partial charge is 0.497 e. The van der Waals surface area contributed by atoms with Gasteiger partial charge in [0.1, 0.15) is 5.75 Å². The van der Waals surface area contributed by atoms with E-state index in [1.807, 2.05) is 6.07 Å². The van der Waals surface area contributed by atoms with Crippen LogP contribution in [0.3, 0.4) is 0 Å². The summed E-state index contributed by atoms with van der Waals surface area (Å²) in [5.74, 6) is 0.894. The number of aromatic amines is 1. The molecule has 4 heteroatoms. The van der Waals surface area contributed by atoms with Crippen molar-refractivity contribution in [2.75, 3.05) is 26.9 Å². The minimum absolute atomic E-state index is 0.353. The minimum Gasteiger partial charge on any atom is -0.497 e. The molecule has 0 bridgehead atoms. The summed E-state index contributed by atoms with van der Waals surface area (Å²) in [5, 5.41) is 4.69. The molecule has 1 aromatic heterocycles. The van der Waals surface area contributed by atoms with Gasteiger partial charge in [-0.05, 0) is 30.7 Å². The third-order valence-corrected chi connectivity index (χ3v) is 3.41. The standard InChI is InChI=1S/C14H18N2O2/c1-17-11-2-3-12-10(8-11)9-14(16-12)13-4-6-18-7-5-15-13/h2-3,8-9,13,15-16H,4-7H2,1H3. The number of H-pyrrole nitrogens is 1. The van der Waals surface area contributed by atoms with Gasteiger partial charge in [0, 0.05) is 35.8 Å². The number of aromatic nitrogens is 1. The summed E-state index contributed by atoms with van der Waals surface area (Å²) >= 11 is 0.